The number of aryl methyl sites for hydroxylation is 1. The highest BCUT2D eigenvalue weighted by atomic mass is 16.6. The lowest BCUT2D eigenvalue weighted by molar-refractivity contribution is -0.384. The Bertz CT molecular complexity index is 626. The maximum atomic E-state index is 10.9. The number of hydrogen-bond acceptors (Lipinski definition) is 4. The van der Waals surface area contributed by atoms with Gasteiger partial charge in [-0.05, 0) is 36.8 Å². The molecule has 132 valence electrons. The number of nitro groups is 1. The molecular formula is C18H27N3O3. The van der Waals surface area contributed by atoms with Gasteiger partial charge >= 0.3 is 0 Å². The van der Waals surface area contributed by atoms with E-state index in [9.17, 15) is 10.1 Å². The van der Waals surface area contributed by atoms with Crippen LogP contribution in [0, 0.1) is 28.9 Å². The van der Waals surface area contributed by atoms with E-state index in [0.29, 0.717) is 30.5 Å². The largest absolute Gasteiger partial charge is 0.463 e. The van der Waals surface area contributed by atoms with E-state index in [0.717, 1.165) is 24.2 Å². The standard InChI is InChI=1S/C18H27N3O3/c1-12(2)8-16-11-24-18(20(16)10-13(3)4)19-17-7-6-15(21(22)23)9-14(17)5/h6-7,9,12-13,16H,8,10-11H2,1-5H3/t16-/m0/s1. The van der Waals surface area contributed by atoms with Gasteiger partial charge in [0.05, 0.1) is 16.7 Å². The zero-order valence-electron chi connectivity index (χ0n) is 15.2. The van der Waals surface area contributed by atoms with Gasteiger partial charge in [-0.1, -0.05) is 27.7 Å². The van der Waals surface area contributed by atoms with Crippen molar-refractivity contribution in [2.75, 3.05) is 13.2 Å². The Kier molecular flexibility index (Phi) is 5.80. The summed E-state index contributed by atoms with van der Waals surface area (Å²) in [6.07, 6.45) is 1.06. The molecule has 0 bridgehead atoms. The Morgan fingerprint density at radius 2 is 2.04 bits per heavy atom. The van der Waals surface area contributed by atoms with E-state index >= 15 is 0 Å². The van der Waals surface area contributed by atoms with Gasteiger partial charge in [0.25, 0.3) is 11.7 Å². The average molecular weight is 333 g/mol. The van der Waals surface area contributed by atoms with Crippen molar-refractivity contribution in [1.82, 2.24) is 4.90 Å². The molecule has 1 aliphatic rings. The monoisotopic (exact) mass is 333 g/mol. The third-order valence-corrected chi connectivity index (χ3v) is 4.00. The first kappa shape index (κ1) is 18.2. The molecule has 2 rings (SSSR count). The normalized spacial score (nSPS) is 19.4. The molecule has 6 nitrogen and oxygen atoms in total. The molecular weight excluding hydrogens is 306 g/mol. The van der Waals surface area contributed by atoms with Crippen LogP contribution in [0.15, 0.2) is 23.2 Å². The summed E-state index contributed by atoms with van der Waals surface area (Å²) in [5.74, 6) is 1.10. The first-order chi connectivity index (χ1) is 11.3. The Morgan fingerprint density at radius 3 is 2.58 bits per heavy atom. The molecule has 1 aromatic rings. The fourth-order valence-corrected chi connectivity index (χ4v) is 2.94. The van der Waals surface area contributed by atoms with Gasteiger partial charge in [0, 0.05) is 18.7 Å². The average Bonchev–Trinajstić information content (AvgIpc) is 2.82. The van der Waals surface area contributed by atoms with Gasteiger partial charge in [0.15, 0.2) is 0 Å². The van der Waals surface area contributed by atoms with Gasteiger partial charge < -0.3 is 9.64 Å². The van der Waals surface area contributed by atoms with Crippen molar-refractivity contribution in [2.45, 2.75) is 47.1 Å². The molecule has 6 heteroatoms. The molecule has 1 aliphatic heterocycles. The van der Waals surface area contributed by atoms with Gasteiger partial charge in [-0.2, -0.15) is 4.99 Å². The van der Waals surface area contributed by atoms with Gasteiger partial charge in [-0.25, -0.2) is 0 Å². The fourth-order valence-electron chi connectivity index (χ4n) is 2.94. The van der Waals surface area contributed by atoms with Crippen molar-refractivity contribution >= 4 is 17.4 Å². The van der Waals surface area contributed by atoms with Crippen LogP contribution in [0.2, 0.25) is 0 Å². The van der Waals surface area contributed by atoms with Crippen LogP contribution in [0.25, 0.3) is 0 Å². The van der Waals surface area contributed by atoms with Gasteiger partial charge in [-0.15, -0.1) is 0 Å². The number of ether oxygens (including phenoxy) is 1. The maximum Gasteiger partial charge on any atom is 0.293 e. The SMILES string of the molecule is Cc1cc([N+](=O)[O-])ccc1N=C1OC[C@H](CC(C)C)N1CC(C)C. The van der Waals surface area contributed by atoms with Crippen LogP contribution in [0.3, 0.4) is 0 Å². The Balaban J connectivity index is 2.28. The number of hydrogen-bond donors (Lipinski definition) is 0. The van der Waals surface area contributed by atoms with Crippen LogP contribution in [0.1, 0.15) is 39.7 Å². The van der Waals surface area contributed by atoms with Crippen molar-refractivity contribution in [3.8, 4) is 0 Å². The number of aliphatic imine (C=N–C) groups is 1. The molecule has 0 spiro atoms. The van der Waals surface area contributed by atoms with Crippen LogP contribution >= 0.6 is 0 Å². The van der Waals surface area contributed by atoms with Crippen molar-refractivity contribution in [1.29, 1.82) is 0 Å². The molecule has 0 N–H and O–H groups in total. The van der Waals surface area contributed by atoms with E-state index in [1.807, 2.05) is 6.92 Å². The molecule has 1 atom stereocenters. The highest BCUT2D eigenvalue weighted by Crippen LogP contribution is 2.27. The molecule has 0 amide bonds. The molecule has 1 saturated heterocycles. The summed E-state index contributed by atoms with van der Waals surface area (Å²) in [5, 5.41) is 10.9. The summed E-state index contributed by atoms with van der Waals surface area (Å²) in [6.45, 7) is 12.2. The third kappa shape index (κ3) is 4.46. The quantitative estimate of drug-likeness (QED) is 0.575. The van der Waals surface area contributed by atoms with E-state index in [1.54, 1.807) is 12.1 Å². The fraction of sp³-hybridized carbons (Fsp3) is 0.611. The number of nitrogens with zero attached hydrogens (tertiary/aromatic N) is 3. The summed E-state index contributed by atoms with van der Waals surface area (Å²) in [4.78, 5) is 17.4. The first-order valence-corrected chi connectivity index (χ1v) is 8.51. The molecule has 1 fully saturated rings. The second-order valence-corrected chi connectivity index (χ2v) is 7.26. The van der Waals surface area contributed by atoms with Gasteiger partial charge in [-0.3, -0.25) is 10.1 Å². The molecule has 1 aromatic carbocycles. The molecule has 24 heavy (non-hydrogen) atoms. The first-order valence-electron chi connectivity index (χ1n) is 8.51. The summed E-state index contributed by atoms with van der Waals surface area (Å²) in [7, 11) is 0. The van der Waals surface area contributed by atoms with Gasteiger partial charge in [0.2, 0.25) is 0 Å². The summed E-state index contributed by atoms with van der Waals surface area (Å²) >= 11 is 0. The van der Waals surface area contributed by atoms with E-state index in [4.69, 9.17) is 4.74 Å². The Hall–Kier alpha value is -2.11. The van der Waals surface area contributed by atoms with Crippen LogP contribution in [-0.2, 0) is 4.74 Å². The number of benzene rings is 1. The second-order valence-electron chi connectivity index (χ2n) is 7.26. The van der Waals surface area contributed by atoms with Crippen LogP contribution < -0.4 is 0 Å². The summed E-state index contributed by atoms with van der Waals surface area (Å²) < 4.78 is 5.86. The van der Waals surface area contributed by atoms with Crippen molar-refractivity contribution in [3.63, 3.8) is 0 Å². The highest BCUT2D eigenvalue weighted by molar-refractivity contribution is 5.80. The summed E-state index contributed by atoms with van der Waals surface area (Å²) in [6, 6.07) is 5.69. The van der Waals surface area contributed by atoms with Crippen LogP contribution in [0.5, 0.6) is 0 Å². The van der Waals surface area contributed by atoms with E-state index < -0.39 is 0 Å². The zero-order chi connectivity index (χ0) is 17.9. The van der Waals surface area contributed by atoms with Crippen molar-refractivity contribution in [3.05, 3.63) is 33.9 Å². The number of rotatable bonds is 6. The van der Waals surface area contributed by atoms with Crippen molar-refractivity contribution in [2.24, 2.45) is 16.8 Å². The molecule has 0 aromatic heterocycles. The van der Waals surface area contributed by atoms with E-state index in [1.165, 1.54) is 6.07 Å². The maximum absolute atomic E-state index is 10.9. The molecule has 0 aliphatic carbocycles. The topological polar surface area (TPSA) is 68.0 Å². The molecule has 1 heterocycles. The van der Waals surface area contributed by atoms with Gasteiger partial charge in [0.1, 0.15) is 6.61 Å². The number of amidine groups is 1. The van der Waals surface area contributed by atoms with Crippen LogP contribution in [0.4, 0.5) is 11.4 Å². The molecule has 0 unspecified atom stereocenters. The predicted octanol–water partition coefficient (Wildman–Crippen LogP) is 4.29. The smallest absolute Gasteiger partial charge is 0.293 e. The van der Waals surface area contributed by atoms with Crippen molar-refractivity contribution < 1.29 is 9.66 Å². The second kappa shape index (κ2) is 7.64. The lowest BCUT2D eigenvalue weighted by Crippen LogP contribution is -2.37. The minimum absolute atomic E-state index is 0.0838. The minimum atomic E-state index is -0.389. The minimum Gasteiger partial charge on any atom is -0.463 e. The highest BCUT2D eigenvalue weighted by Gasteiger charge is 2.32. The number of non-ortho nitro benzene ring substituents is 1. The molecule has 0 saturated carbocycles. The zero-order valence-corrected chi connectivity index (χ0v) is 15.2. The molecule has 0 radical (unpaired) electrons. The number of nitro benzene ring substituents is 1. The van der Waals surface area contributed by atoms with E-state index in [-0.39, 0.29) is 10.6 Å². The summed E-state index contributed by atoms with van der Waals surface area (Å²) in [5.41, 5.74) is 1.58. The Labute approximate surface area is 143 Å². The lowest BCUT2D eigenvalue weighted by Gasteiger charge is -2.26. The third-order valence-electron chi connectivity index (χ3n) is 4.00. The van der Waals surface area contributed by atoms with Crippen LogP contribution in [-0.4, -0.2) is 35.0 Å². The van der Waals surface area contributed by atoms with E-state index in [2.05, 4.69) is 37.6 Å². The Morgan fingerprint density at radius 1 is 1.33 bits per heavy atom. The predicted molar refractivity (Wildman–Crippen MR) is 95.7 cm³/mol. The lowest BCUT2D eigenvalue weighted by atomic mass is 10.0.